The Balaban J connectivity index is 0. The van der Waals surface area contributed by atoms with Gasteiger partial charge in [0.05, 0.1) is 0 Å². The number of aliphatic hydroxyl groups is 2. The molecule has 0 bridgehead atoms. The lowest BCUT2D eigenvalue weighted by molar-refractivity contribution is 0.183. The summed E-state index contributed by atoms with van der Waals surface area (Å²) in [6.07, 6.45) is 15.3. The Morgan fingerprint density at radius 3 is 1.43 bits per heavy atom. The fraction of sp³-hybridized carbons (Fsp3) is 1.00. The first kappa shape index (κ1) is 23.6. The van der Waals surface area contributed by atoms with Crippen molar-refractivity contribution in [2.75, 3.05) is 13.2 Å². The quantitative estimate of drug-likeness (QED) is 0.377. The summed E-state index contributed by atoms with van der Waals surface area (Å²) in [6.45, 7) is 2.49. The maximum absolute atomic E-state index is 9.03. The van der Waals surface area contributed by atoms with E-state index in [0.29, 0.717) is 12.8 Å². The molecular formula is C17H38BrNO2. The van der Waals surface area contributed by atoms with E-state index in [1.807, 2.05) is 0 Å². The molecule has 0 amide bonds. The highest BCUT2D eigenvalue weighted by atomic mass is 79.9. The number of hydrogen-bond acceptors (Lipinski definition) is 3. The molecule has 0 aliphatic carbocycles. The van der Waals surface area contributed by atoms with Gasteiger partial charge in [-0.3, -0.25) is 0 Å². The molecule has 0 aliphatic rings. The number of aliphatic hydroxyl groups excluding tert-OH is 2. The molecule has 0 unspecified atom stereocenters. The van der Waals surface area contributed by atoms with Crippen LogP contribution in [0.3, 0.4) is 0 Å². The second kappa shape index (κ2) is 16.7. The molecule has 0 rings (SSSR count). The van der Waals surface area contributed by atoms with Gasteiger partial charge in [-0.2, -0.15) is 0 Å². The SMILES string of the molecule is Br.CCCCCCCCCCCCC(N)(CCO)CCO. The number of halogens is 1. The lowest BCUT2D eigenvalue weighted by atomic mass is 9.87. The van der Waals surface area contributed by atoms with Crippen molar-refractivity contribution in [2.24, 2.45) is 5.73 Å². The third-order valence-corrected chi connectivity index (χ3v) is 4.25. The van der Waals surface area contributed by atoms with Crippen molar-refractivity contribution in [3.8, 4) is 0 Å². The second-order valence-electron chi connectivity index (χ2n) is 6.24. The molecule has 21 heavy (non-hydrogen) atoms. The molecule has 0 aromatic rings. The molecule has 0 spiro atoms. The monoisotopic (exact) mass is 367 g/mol. The third-order valence-electron chi connectivity index (χ3n) is 4.25. The van der Waals surface area contributed by atoms with E-state index in [2.05, 4.69) is 6.92 Å². The average Bonchev–Trinajstić information content (AvgIpc) is 2.41. The zero-order chi connectivity index (χ0) is 15.1. The minimum Gasteiger partial charge on any atom is -0.396 e. The number of hydrogen-bond donors (Lipinski definition) is 3. The predicted molar refractivity (Wildman–Crippen MR) is 97.1 cm³/mol. The van der Waals surface area contributed by atoms with Crippen molar-refractivity contribution in [3.63, 3.8) is 0 Å². The van der Waals surface area contributed by atoms with E-state index < -0.39 is 0 Å². The average molecular weight is 368 g/mol. The van der Waals surface area contributed by atoms with Gasteiger partial charge in [0.15, 0.2) is 0 Å². The largest absolute Gasteiger partial charge is 0.396 e. The first-order valence-corrected chi connectivity index (χ1v) is 8.69. The first-order chi connectivity index (χ1) is 9.68. The maximum atomic E-state index is 9.03. The third kappa shape index (κ3) is 15.0. The fourth-order valence-corrected chi connectivity index (χ4v) is 2.78. The molecule has 0 radical (unpaired) electrons. The molecule has 0 saturated heterocycles. The van der Waals surface area contributed by atoms with Crippen molar-refractivity contribution in [1.29, 1.82) is 0 Å². The van der Waals surface area contributed by atoms with Gasteiger partial charge < -0.3 is 15.9 Å². The van der Waals surface area contributed by atoms with Gasteiger partial charge in [-0.25, -0.2) is 0 Å². The van der Waals surface area contributed by atoms with Crippen molar-refractivity contribution < 1.29 is 10.2 Å². The Morgan fingerprint density at radius 1 is 0.667 bits per heavy atom. The van der Waals surface area contributed by atoms with Crippen molar-refractivity contribution in [2.45, 2.75) is 95.9 Å². The zero-order valence-corrected chi connectivity index (χ0v) is 15.7. The van der Waals surface area contributed by atoms with Crippen molar-refractivity contribution in [1.82, 2.24) is 0 Å². The molecule has 0 heterocycles. The Hall–Kier alpha value is 0.360. The van der Waals surface area contributed by atoms with Crippen LogP contribution in [0.4, 0.5) is 0 Å². The molecular weight excluding hydrogens is 330 g/mol. The normalized spacial score (nSPS) is 11.4. The Bertz CT molecular complexity index is 197. The highest BCUT2D eigenvalue weighted by molar-refractivity contribution is 8.93. The van der Waals surface area contributed by atoms with Crippen LogP contribution in [0, 0.1) is 0 Å². The molecule has 0 fully saturated rings. The van der Waals surface area contributed by atoms with E-state index in [4.69, 9.17) is 15.9 Å². The van der Waals surface area contributed by atoms with Crippen molar-refractivity contribution >= 4 is 17.0 Å². The van der Waals surface area contributed by atoms with E-state index in [-0.39, 0.29) is 35.7 Å². The summed E-state index contributed by atoms with van der Waals surface area (Å²) in [5.41, 5.74) is 5.85. The zero-order valence-electron chi connectivity index (χ0n) is 14.0. The van der Waals surface area contributed by atoms with E-state index in [1.54, 1.807) is 0 Å². The molecule has 4 heteroatoms. The van der Waals surface area contributed by atoms with Crippen LogP contribution in [-0.2, 0) is 0 Å². The summed E-state index contributed by atoms with van der Waals surface area (Å²) in [7, 11) is 0. The molecule has 0 atom stereocenters. The molecule has 3 nitrogen and oxygen atoms in total. The first-order valence-electron chi connectivity index (χ1n) is 8.69. The Labute approximate surface area is 142 Å². The smallest absolute Gasteiger partial charge is 0.0448 e. The van der Waals surface area contributed by atoms with Gasteiger partial charge in [0.1, 0.15) is 0 Å². The van der Waals surface area contributed by atoms with Gasteiger partial charge in [0, 0.05) is 18.8 Å². The second-order valence-corrected chi connectivity index (χ2v) is 6.24. The Kier molecular flexibility index (Phi) is 18.8. The number of unbranched alkanes of at least 4 members (excludes halogenated alkanes) is 9. The van der Waals surface area contributed by atoms with Crippen LogP contribution in [0.15, 0.2) is 0 Å². The van der Waals surface area contributed by atoms with Crippen LogP contribution < -0.4 is 5.73 Å². The molecule has 4 N–H and O–H groups in total. The molecule has 0 saturated carbocycles. The van der Waals surface area contributed by atoms with Gasteiger partial charge >= 0.3 is 0 Å². The molecule has 130 valence electrons. The summed E-state index contributed by atoms with van der Waals surface area (Å²) in [4.78, 5) is 0. The van der Waals surface area contributed by atoms with E-state index >= 15 is 0 Å². The topological polar surface area (TPSA) is 66.5 Å². The summed E-state index contributed by atoms with van der Waals surface area (Å²) >= 11 is 0. The number of rotatable bonds is 15. The van der Waals surface area contributed by atoms with Gasteiger partial charge in [0.25, 0.3) is 0 Å². The highest BCUT2D eigenvalue weighted by Crippen LogP contribution is 2.20. The van der Waals surface area contributed by atoms with Crippen LogP contribution in [0.25, 0.3) is 0 Å². The molecule has 0 aromatic heterocycles. The maximum Gasteiger partial charge on any atom is 0.0448 e. The van der Waals surface area contributed by atoms with Crippen LogP contribution in [0.1, 0.15) is 90.4 Å². The predicted octanol–water partition coefficient (Wildman–Crippen LogP) is 4.34. The fourth-order valence-electron chi connectivity index (χ4n) is 2.78. The lowest BCUT2D eigenvalue weighted by Gasteiger charge is -2.28. The molecule has 0 aromatic carbocycles. The van der Waals surface area contributed by atoms with E-state index in [0.717, 1.165) is 12.8 Å². The minimum atomic E-state index is -0.357. The van der Waals surface area contributed by atoms with Crippen LogP contribution in [0.5, 0.6) is 0 Å². The molecule has 0 aliphatic heterocycles. The summed E-state index contributed by atoms with van der Waals surface area (Å²) in [6, 6.07) is 0. The van der Waals surface area contributed by atoms with Gasteiger partial charge in [-0.1, -0.05) is 71.1 Å². The number of nitrogens with two attached hydrogens (primary N) is 1. The van der Waals surface area contributed by atoms with Crippen LogP contribution in [-0.4, -0.2) is 29.0 Å². The van der Waals surface area contributed by atoms with E-state index in [1.165, 1.54) is 57.8 Å². The summed E-state index contributed by atoms with van der Waals surface area (Å²) < 4.78 is 0. The lowest BCUT2D eigenvalue weighted by Crippen LogP contribution is -2.41. The Morgan fingerprint density at radius 2 is 1.05 bits per heavy atom. The summed E-state index contributed by atoms with van der Waals surface area (Å²) in [5.74, 6) is 0. The van der Waals surface area contributed by atoms with Gasteiger partial charge in [0.2, 0.25) is 0 Å². The standard InChI is InChI=1S/C17H37NO2.BrH/c1-2-3-4-5-6-7-8-9-10-11-12-17(18,13-15-19)14-16-20;/h19-20H,2-16,18H2,1H3;1H. The summed E-state index contributed by atoms with van der Waals surface area (Å²) in [5, 5.41) is 18.1. The van der Waals surface area contributed by atoms with Crippen LogP contribution >= 0.6 is 17.0 Å². The van der Waals surface area contributed by atoms with E-state index in [9.17, 15) is 0 Å². The minimum absolute atomic E-state index is 0. The van der Waals surface area contributed by atoms with Gasteiger partial charge in [-0.05, 0) is 19.3 Å². The highest BCUT2D eigenvalue weighted by Gasteiger charge is 2.22. The van der Waals surface area contributed by atoms with Gasteiger partial charge in [-0.15, -0.1) is 17.0 Å². The van der Waals surface area contributed by atoms with Crippen LogP contribution in [0.2, 0.25) is 0 Å². The van der Waals surface area contributed by atoms with Crippen molar-refractivity contribution in [3.05, 3.63) is 0 Å².